The quantitative estimate of drug-likeness (QED) is 0.895. The van der Waals surface area contributed by atoms with E-state index in [1.165, 1.54) is 17.2 Å². The molecule has 1 aliphatic heterocycles. The Labute approximate surface area is 118 Å². The lowest BCUT2D eigenvalue weighted by Crippen LogP contribution is -2.34. The molecule has 2 rings (SSSR count). The Hall–Kier alpha value is -1.69. The fraction of sp³-hybridized carbons (Fsp3) is 0.571. The summed E-state index contributed by atoms with van der Waals surface area (Å²) in [7, 11) is 1.66. The molecule has 2 heterocycles. The van der Waals surface area contributed by atoms with Crippen LogP contribution in [-0.4, -0.2) is 48.6 Å². The zero-order chi connectivity index (χ0) is 14.5. The molecule has 6 heteroatoms. The Balaban J connectivity index is 2.09. The van der Waals surface area contributed by atoms with Gasteiger partial charge in [0.2, 0.25) is 0 Å². The minimum Gasteiger partial charge on any atom is -0.376 e. The van der Waals surface area contributed by atoms with E-state index in [4.69, 9.17) is 4.74 Å². The number of rotatable bonds is 5. The summed E-state index contributed by atoms with van der Waals surface area (Å²) >= 11 is 0. The molecule has 1 unspecified atom stereocenters. The van der Waals surface area contributed by atoms with E-state index in [1.807, 2.05) is 6.92 Å². The molecular formula is C14H20FN3O2. The summed E-state index contributed by atoms with van der Waals surface area (Å²) in [6.07, 6.45) is 3.45. The maximum atomic E-state index is 14.2. The highest BCUT2D eigenvalue weighted by Crippen LogP contribution is 2.18. The number of halogens is 1. The first-order valence-corrected chi connectivity index (χ1v) is 6.89. The number of anilines is 1. The predicted molar refractivity (Wildman–Crippen MR) is 74.3 cm³/mol. The number of likely N-dealkylation sites (N-methyl/N-ethyl adjacent to an activating group) is 1. The van der Waals surface area contributed by atoms with Crippen LogP contribution in [0.1, 0.15) is 30.1 Å². The van der Waals surface area contributed by atoms with Crippen molar-refractivity contribution in [3.05, 3.63) is 23.6 Å². The van der Waals surface area contributed by atoms with Gasteiger partial charge in [0.05, 0.1) is 11.7 Å². The summed E-state index contributed by atoms with van der Waals surface area (Å²) in [4.78, 5) is 17.7. The van der Waals surface area contributed by atoms with Crippen molar-refractivity contribution in [1.29, 1.82) is 0 Å². The summed E-state index contributed by atoms with van der Waals surface area (Å²) in [5, 5.41) is 2.80. The Morgan fingerprint density at radius 3 is 3.10 bits per heavy atom. The van der Waals surface area contributed by atoms with Crippen molar-refractivity contribution in [3.63, 3.8) is 0 Å². The molecule has 1 saturated heterocycles. The number of nitrogens with one attached hydrogen (secondary N) is 1. The molecule has 0 saturated carbocycles. The maximum absolute atomic E-state index is 14.2. The average Bonchev–Trinajstić information content (AvgIpc) is 2.93. The van der Waals surface area contributed by atoms with Gasteiger partial charge in [0.1, 0.15) is 0 Å². The number of carbonyl (C=O) groups excluding carboxylic acids is 1. The molecule has 1 fully saturated rings. The molecule has 1 aromatic heterocycles. The SMILES string of the molecule is CCNc1nccc(C(=O)N(C)CC2CCCO2)c1F. The van der Waals surface area contributed by atoms with Crippen LogP contribution in [0.2, 0.25) is 0 Å². The third kappa shape index (κ3) is 3.25. The molecule has 1 amide bonds. The standard InChI is InChI=1S/C14H20FN3O2/c1-3-16-13-12(15)11(6-7-17-13)14(19)18(2)9-10-5-4-8-20-10/h6-7,10H,3-5,8-9H2,1-2H3,(H,16,17). The Kier molecular flexibility index (Phi) is 4.89. The minimum absolute atomic E-state index is 0.0384. The Morgan fingerprint density at radius 1 is 1.65 bits per heavy atom. The normalized spacial score (nSPS) is 18.1. The van der Waals surface area contributed by atoms with Crippen LogP contribution in [0.15, 0.2) is 12.3 Å². The van der Waals surface area contributed by atoms with E-state index >= 15 is 0 Å². The Bertz CT molecular complexity index is 475. The van der Waals surface area contributed by atoms with Gasteiger partial charge in [0, 0.05) is 32.9 Å². The summed E-state index contributed by atoms with van der Waals surface area (Å²) in [5.41, 5.74) is 0.0384. The number of nitrogens with zero attached hydrogens (tertiary/aromatic N) is 2. The molecule has 1 N–H and O–H groups in total. The Morgan fingerprint density at radius 2 is 2.45 bits per heavy atom. The summed E-state index contributed by atoms with van der Waals surface area (Å²) < 4.78 is 19.7. The number of aromatic nitrogens is 1. The van der Waals surface area contributed by atoms with E-state index in [0.29, 0.717) is 13.1 Å². The third-order valence-corrected chi connectivity index (χ3v) is 3.31. The molecule has 1 aromatic rings. The van der Waals surface area contributed by atoms with Crippen molar-refractivity contribution in [2.24, 2.45) is 0 Å². The first-order valence-electron chi connectivity index (χ1n) is 6.89. The summed E-state index contributed by atoms with van der Waals surface area (Å²) in [5.74, 6) is -0.832. The number of hydrogen-bond acceptors (Lipinski definition) is 4. The topological polar surface area (TPSA) is 54.5 Å². The number of pyridine rings is 1. The van der Waals surface area contributed by atoms with Crippen LogP contribution in [0.4, 0.5) is 10.2 Å². The average molecular weight is 281 g/mol. The molecule has 0 spiro atoms. The first kappa shape index (κ1) is 14.7. The van der Waals surface area contributed by atoms with Crippen LogP contribution in [0.5, 0.6) is 0 Å². The molecule has 1 atom stereocenters. The van der Waals surface area contributed by atoms with Crippen molar-refractivity contribution < 1.29 is 13.9 Å². The van der Waals surface area contributed by atoms with Crippen molar-refractivity contribution >= 4 is 11.7 Å². The third-order valence-electron chi connectivity index (χ3n) is 3.31. The van der Waals surface area contributed by atoms with Gasteiger partial charge in [-0.05, 0) is 25.8 Å². The van der Waals surface area contributed by atoms with Gasteiger partial charge in [0.25, 0.3) is 5.91 Å². The minimum atomic E-state index is -0.599. The van der Waals surface area contributed by atoms with E-state index in [9.17, 15) is 9.18 Å². The second-order valence-electron chi connectivity index (χ2n) is 4.87. The van der Waals surface area contributed by atoms with Crippen molar-refractivity contribution in [2.45, 2.75) is 25.9 Å². The van der Waals surface area contributed by atoms with E-state index in [-0.39, 0.29) is 23.4 Å². The number of ether oxygens (including phenoxy) is 1. The number of hydrogen-bond donors (Lipinski definition) is 1. The largest absolute Gasteiger partial charge is 0.376 e. The highest BCUT2D eigenvalue weighted by molar-refractivity contribution is 5.95. The van der Waals surface area contributed by atoms with Crippen LogP contribution in [0.25, 0.3) is 0 Å². The molecule has 110 valence electrons. The molecule has 0 aliphatic carbocycles. The van der Waals surface area contributed by atoms with Gasteiger partial charge in [-0.25, -0.2) is 9.37 Å². The smallest absolute Gasteiger partial charge is 0.256 e. The maximum Gasteiger partial charge on any atom is 0.256 e. The van der Waals surface area contributed by atoms with Gasteiger partial charge in [-0.3, -0.25) is 4.79 Å². The van der Waals surface area contributed by atoms with Gasteiger partial charge < -0.3 is 15.0 Å². The zero-order valence-electron chi connectivity index (χ0n) is 11.9. The predicted octanol–water partition coefficient (Wildman–Crippen LogP) is 1.90. The van der Waals surface area contributed by atoms with Crippen LogP contribution in [0.3, 0.4) is 0 Å². The number of amides is 1. The van der Waals surface area contributed by atoms with Gasteiger partial charge in [0.15, 0.2) is 11.6 Å². The van der Waals surface area contributed by atoms with Crippen LogP contribution < -0.4 is 5.32 Å². The molecule has 0 radical (unpaired) electrons. The second kappa shape index (κ2) is 6.65. The molecular weight excluding hydrogens is 261 g/mol. The highest BCUT2D eigenvalue weighted by atomic mass is 19.1. The van der Waals surface area contributed by atoms with Gasteiger partial charge >= 0.3 is 0 Å². The lowest BCUT2D eigenvalue weighted by atomic mass is 10.2. The zero-order valence-corrected chi connectivity index (χ0v) is 11.9. The fourth-order valence-corrected chi connectivity index (χ4v) is 2.28. The van der Waals surface area contributed by atoms with E-state index in [1.54, 1.807) is 7.05 Å². The monoisotopic (exact) mass is 281 g/mol. The summed E-state index contributed by atoms with van der Waals surface area (Å²) in [6.45, 7) is 3.62. The van der Waals surface area contributed by atoms with Crippen molar-refractivity contribution in [2.75, 3.05) is 32.1 Å². The van der Waals surface area contributed by atoms with E-state index in [2.05, 4.69) is 10.3 Å². The number of carbonyl (C=O) groups is 1. The van der Waals surface area contributed by atoms with E-state index < -0.39 is 5.82 Å². The first-order chi connectivity index (χ1) is 9.63. The van der Waals surface area contributed by atoms with Crippen molar-refractivity contribution in [1.82, 2.24) is 9.88 Å². The lowest BCUT2D eigenvalue weighted by molar-refractivity contribution is 0.0583. The fourth-order valence-electron chi connectivity index (χ4n) is 2.28. The summed E-state index contributed by atoms with van der Waals surface area (Å²) in [6, 6.07) is 1.41. The van der Waals surface area contributed by atoms with Gasteiger partial charge in [-0.1, -0.05) is 0 Å². The molecule has 0 aromatic carbocycles. The lowest BCUT2D eigenvalue weighted by Gasteiger charge is -2.21. The van der Waals surface area contributed by atoms with Gasteiger partial charge in [-0.15, -0.1) is 0 Å². The van der Waals surface area contributed by atoms with Crippen molar-refractivity contribution in [3.8, 4) is 0 Å². The molecule has 1 aliphatic rings. The van der Waals surface area contributed by atoms with Crippen LogP contribution >= 0.6 is 0 Å². The second-order valence-corrected chi connectivity index (χ2v) is 4.87. The molecule has 20 heavy (non-hydrogen) atoms. The molecule has 5 nitrogen and oxygen atoms in total. The van der Waals surface area contributed by atoms with E-state index in [0.717, 1.165) is 19.4 Å². The van der Waals surface area contributed by atoms with Gasteiger partial charge in [-0.2, -0.15) is 0 Å². The van der Waals surface area contributed by atoms with Crippen LogP contribution in [-0.2, 0) is 4.74 Å². The van der Waals surface area contributed by atoms with Crippen LogP contribution in [0, 0.1) is 5.82 Å². The molecule has 0 bridgehead atoms. The highest BCUT2D eigenvalue weighted by Gasteiger charge is 2.23.